The lowest BCUT2D eigenvalue weighted by Crippen LogP contribution is -2.37. The summed E-state index contributed by atoms with van der Waals surface area (Å²) in [6.07, 6.45) is 1.70. The fraction of sp³-hybridized carbons (Fsp3) is 0.333. The van der Waals surface area contributed by atoms with Crippen LogP contribution in [0.3, 0.4) is 0 Å². The Morgan fingerprint density at radius 3 is 2.88 bits per heavy atom. The number of rotatable bonds is 4. The second-order valence-corrected chi connectivity index (χ2v) is 7.20. The Bertz CT molecular complexity index is 927. The molecule has 0 saturated heterocycles. The van der Waals surface area contributed by atoms with Crippen molar-refractivity contribution in [2.75, 3.05) is 17.5 Å². The zero-order chi connectivity index (χ0) is 18.2. The number of nitrogens with zero attached hydrogens (tertiary/aromatic N) is 2. The lowest BCUT2D eigenvalue weighted by atomic mass is 10.0. The molecule has 0 spiro atoms. The summed E-state index contributed by atoms with van der Waals surface area (Å²) in [6, 6.07) is 1.69. The van der Waals surface area contributed by atoms with Crippen molar-refractivity contribution in [2.45, 2.75) is 24.8 Å². The number of aromatic nitrogens is 2. The minimum atomic E-state index is -4.28. The Morgan fingerprint density at radius 1 is 1.40 bits per heavy atom. The van der Waals surface area contributed by atoms with Crippen LogP contribution in [0.1, 0.15) is 29.3 Å². The molecule has 0 fully saturated rings. The number of anilines is 1. The van der Waals surface area contributed by atoms with Crippen LogP contribution in [0.15, 0.2) is 23.4 Å². The lowest BCUT2D eigenvalue weighted by Gasteiger charge is -2.30. The van der Waals surface area contributed by atoms with Crippen molar-refractivity contribution >= 4 is 21.7 Å². The minimum Gasteiger partial charge on any atom is -0.462 e. The number of carbonyl (C=O) groups excluding carboxylic acids is 1. The monoisotopic (exact) mass is 371 g/mol. The van der Waals surface area contributed by atoms with E-state index in [1.807, 2.05) is 0 Å². The highest BCUT2D eigenvalue weighted by atomic mass is 32.2. The Kier molecular flexibility index (Phi) is 4.46. The van der Waals surface area contributed by atoms with Gasteiger partial charge >= 0.3 is 5.97 Å². The molecule has 0 aliphatic carbocycles. The fourth-order valence-electron chi connectivity index (χ4n) is 2.76. The van der Waals surface area contributed by atoms with E-state index in [1.54, 1.807) is 6.92 Å². The number of ether oxygens (including phenoxy) is 1. The van der Waals surface area contributed by atoms with E-state index in [0.29, 0.717) is 12.8 Å². The third-order valence-electron chi connectivity index (χ3n) is 3.84. The first-order valence-corrected chi connectivity index (χ1v) is 9.01. The highest BCUT2D eigenvalue weighted by Crippen LogP contribution is 2.34. The van der Waals surface area contributed by atoms with Crippen LogP contribution < -0.4 is 4.31 Å². The van der Waals surface area contributed by atoms with Crippen molar-refractivity contribution in [1.29, 1.82) is 0 Å². The third kappa shape index (κ3) is 2.97. The first-order valence-electron chi connectivity index (χ1n) is 7.57. The zero-order valence-electron chi connectivity index (χ0n) is 13.3. The number of benzene rings is 1. The van der Waals surface area contributed by atoms with Crippen molar-refractivity contribution in [2.24, 2.45) is 0 Å². The van der Waals surface area contributed by atoms with E-state index in [-0.39, 0.29) is 30.0 Å². The summed E-state index contributed by atoms with van der Waals surface area (Å²) in [5, 5.41) is 5.40. The summed E-state index contributed by atoms with van der Waals surface area (Å²) < 4.78 is 59.2. The van der Waals surface area contributed by atoms with Crippen molar-refractivity contribution in [3.63, 3.8) is 0 Å². The van der Waals surface area contributed by atoms with Crippen molar-refractivity contribution < 1.29 is 26.7 Å². The maximum Gasteiger partial charge on any atom is 0.342 e. The van der Waals surface area contributed by atoms with Gasteiger partial charge in [0.05, 0.1) is 18.5 Å². The van der Waals surface area contributed by atoms with Gasteiger partial charge in [-0.15, -0.1) is 0 Å². The number of esters is 1. The molecule has 1 aromatic heterocycles. The molecule has 0 radical (unpaired) electrons. The predicted molar refractivity (Wildman–Crippen MR) is 83.8 cm³/mol. The zero-order valence-corrected chi connectivity index (χ0v) is 14.1. The van der Waals surface area contributed by atoms with Gasteiger partial charge in [0.2, 0.25) is 0 Å². The van der Waals surface area contributed by atoms with Gasteiger partial charge in [0.1, 0.15) is 17.2 Å². The predicted octanol–water partition coefficient (Wildman–Crippen LogP) is 2.01. The molecule has 0 unspecified atom stereocenters. The summed E-state index contributed by atoms with van der Waals surface area (Å²) in [7, 11) is -4.28. The summed E-state index contributed by atoms with van der Waals surface area (Å²) in [4.78, 5) is 11.9. The molecule has 1 N–H and O–H groups in total. The van der Waals surface area contributed by atoms with E-state index in [0.717, 1.165) is 22.6 Å². The van der Waals surface area contributed by atoms with Crippen LogP contribution >= 0.6 is 0 Å². The molecular weight excluding hydrogens is 356 g/mol. The number of hydrogen-bond acceptors (Lipinski definition) is 5. The first-order chi connectivity index (χ1) is 11.9. The second kappa shape index (κ2) is 6.43. The smallest absolute Gasteiger partial charge is 0.342 e. The molecule has 2 heterocycles. The van der Waals surface area contributed by atoms with Crippen LogP contribution in [0.25, 0.3) is 0 Å². The number of carbonyl (C=O) groups is 1. The van der Waals surface area contributed by atoms with Gasteiger partial charge in [-0.25, -0.2) is 13.6 Å². The van der Waals surface area contributed by atoms with E-state index < -0.39 is 32.7 Å². The average Bonchev–Trinajstić information content (AvgIpc) is 3.05. The average molecular weight is 371 g/mol. The molecule has 10 heteroatoms. The van der Waals surface area contributed by atoms with E-state index in [2.05, 4.69) is 10.2 Å². The van der Waals surface area contributed by atoms with E-state index in [4.69, 9.17) is 4.74 Å². The highest BCUT2D eigenvalue weighted by molar-refractivity contribution is 7.92. The topological polar surface area (TPSA) is 92.4 Å². The molecule has 0 bridgehead atoms. The Morgan fingerprint density at radius 2 is 2.16 bits per heavy atom. The van der Waals surface area contributed by atoms with E-state index in [1.165, 1.54) is 0 Å². The molecule has 1 aliphatic heterocycles. The van der Waals surface area contributed by atoms with Gasteiger partial charge in [0.15, 0.2) is 5.03 Å². The van der Waals surface area contributed by atoms with Gasteiger partial charge in [0.25, 0.3) is 10.0 Å². The standard InChI is InChI=1S/C15H15F2N3O4S/c1-2-24-15(21)11-8-18-19-14(11)25(22,23)20-5-3-4-10-12(17)6-9(16)7-13(10)20/h6-8H,2-5H2,1H3,(H,18,19). The second-order valence-electron chi connectivity index (χ2n) is 5.40. The number of fused-ring (bicyclic) bond motifs is 1. The van der Waals surface area contributed by atoms with Crippen LogP contribution in [0.2, 0.25) is 0 Å². The maximum atomic E-state index is 14.0. The molecule has 3 rings (SSSR count). The molecule has 1 aliphatic rings. The quantitative estimate of drug-likeness (QED) is 0.830. The van der Waals surface area contributed by atoms with Gasteiger partial charge in [-0.2, -0.15) is 13.5 Å². The van der Waals surface area contributed by atoms with Crippen LogP contribution in [-0.2, 0) is 21.2 Å². The van der Waals surface area contributed by atoms with Crippen molar-refractivity contribution in [3.8, 4) is 0 Å². The molecule has 7 nitrogen and oxygen atoms in total. The Hall–Kier alpha value is -2.49. The number of H-pyrrole nitrogens is 1. The van der Waals surface area contributed by atoms with Crippen LogP contribution in [0.4, 0.5) is 14.5 Å². The maximum absolute atomic E-state index is 14.0. The number of hydrogen-bond donors (Lipinski definition) is 1. The van der Waals surface area contributed by atoms with Gasteiger partial charge in [-0.3, -0.25) is 9.40 Å². The van der Waals surface area contributed by atoms with E-state index in [9.17, 15) is 22.0 Å². The third-order valence-corrected chi connectivity index (χ3v) is 5.63. The van der Waals surface area contributed by atoms with E-state index >= 15 is 0 Å². The SMILES string of the molecule is CCOC(=O)c1cn[nH]c1S(=O)(=O)N1CCCc2c(F)cc(F)cc21. The van der Waals surface area contributed by atoms with Crippen LogP contribution in [-0.4, -0.2) is 37.7 Å². The normalized spacial score (nSPS) is 14.3. The fourth-order valence-corrected chi connectivity index (χ4v) is 4.36. The molecule has 25 heavy (non-hydrogen) atoms. The molecule has 0 atom stereocenters. The van der Waals surface area contributed by atoms with Crippen LogP contribution in [0, 0.1) is 11.6 Å². The van der Waals surface area contributed by atoms with Gasteiger partial charge in [0, 0.05) is 18.2 Å². The molecular formula is C15H15F2N3O4S. The Labute approximate surface area is 142 Å². The van der Waals surface area contributed by atoms with Gasteiger partial charge in [-0.1, -0.05) is 0 Å². The van der Waals surface area contributed by atoms with Crippen molar-refractivity contribution in [3.05, 3.63) is 41.1 Å². The number of sulfonamides is 1. The number of aromatic amines is 1. The summed E-state index contributed by atoms with van der Waals surface area (Å²) in [5.41, 5.74) is -0.215. The number of halogens is 2. The minimum absolute atomic E-state index is 0.0273. The molecule has 134 valence electrons. The lowest BCUT2D eigenvalue weighted by molar-refractivity contribution is 0.0522. The number of nitrogens with one attached hydrogen (secondary N) is 1. The molecule has 2 aromatic rings. The summed E-state index contributed by atoms with van der Waals surface area (Å²) in [5.74, 6) is -2.53. The highest BCUT2D eigenvalue weighted by Gasteiger charge is 2.35. The largest absolute Gasteiger partial charge is 0.462 e. The summed E-state index contributed by atoms with van der Waals surface area (Å²) >= 11 is 0. The van der Waals surface area contributed by atoms with Gasteiger partial charge < -0.3 is 4.74 Å². The van der Waals surface area contributed by atoms with Crippen molar-refractivity contribution in [1.82, 2.24) is 10.2 Å². The molecule has 0 saturated carbocycles. The molecule has 1 aromatic carbocycles. The van der Waals surface area contributed by atoms with Crippen LogP contribution in [0.5, 0.6) is 0 Å². The first kappa shape index (κ1) is 17.3. The Balaban J connectivity index is 2.10. The summed E-state index contributed by atoms with van der Waals surface area (Å²) in [6.45, 7) is 1.67. The van der Waals surface area contributed by atoms with Gasteiger partial charge in [-0.05, 0) is 25.8 Å². The molecule has 0 amide bonds.